The van der Waals surface area contributed by atoms with Gasteiger partial charge in [0, 0.05) is 18.3 Å². The summed E-state index contributed by atoms with van der Waals surface area (Å²) >= 11 is 0. The van der Waals surface area contributed by atoms with Crippen LogP contribution in [0.2, 0.25) is 0 Å². The largest absolute Gasteiger partial charge is 0.481 e. The normalized spacial score (nSPS) is 25.3. The molecule has 0 radical (unpaired) electrons. The summed E-state index contributed by atoms with van der Waals surface area (Å²) in [6.07, 6.45) is 6.69. The molecule has 0 saturated heterocycles. The van der Waals surface area contributed by atoms with E-state index in [2.05, 4.69) is 9.97 Å². The fourth-order valence-corrected chi connectivity index (χ4v) is 3.17. The first-order chi connectivity index (χ1) is 10.6. The van der Waals surface area contributed by atoms with Crippen LogP contribution >= 0.6 is 0 Å². The number of nitrogens with zero attached hydrogens (tertiary/aromatic N) is 2. The van der Waals surface area contributed by atoms with Crippen molar-refractivity contribution in [3.05, 3.63) is 30.0 Å². The first-order valence-electron chi connectivity index (χ1n) is 7.86. The smallest absolute Gasteiger partial charge is 0.213 e. The molecular formula is C17H23N3O2. The maximum Gasteiger partial charge on any atom is 0.213 e. The maximum absolute atomic E-state index is 10.7. The Kier molecular flexibility index (Phi) is 4.27. The number of hydrogen-bond acceptors (Lipinski definition) is 5. The van der Waals surface area contributed by atoms with Crippen molar-refractivity contribution in [2.45, 2.75) is 50.2 Å². The van der Waals surface area contributed by atoms with E-state index < -0.39 is 5.60 Å². The molecule has 0 atom stereocenters. The lowest BCUT2D eigenvalue weighted by atomic mass is 9.79. The zero-order valence-electron chi connectivity index (χ0n) is 13.0. The van der Waals surface area contributed by atoms with Crippen molar-refractivity contribution in [3.8, 4) is 5.88 Å². The van der Waals surface area contributed by atoms with E-state index in [0.717, 1.165) is 55.1 Å². The second-order valence-electron chi connectivity index (χ2n) is 6.25. The number of aromatic nitrogens is 2. The van der Waals surface area contributed by atoms with Crippen molar-refractivity contribution >= 4 is 11.0 Å². The second-order valence-corrected chi connectivity index (χ2v) is 6.25. The highest BCUT2D eigenvalue weighted by atomic mass is 16.5. The lowest BCUT2D eigenvalue weighted by Crippen LogP contribution is -2.39. The Morgan fingerprint density at radius 3 is 2.82 bits per heavy atom. The molecule has 2 aromatic heterocycles. The minimum atomic E-state index is -0.593. The summed E-state index contributed by atoms with van der Waals surface area (Å²) in [7, 11) is 1.61. The van der Waals surface area contributed by atoms with Gasteiger partial charge in [0.1, 0.15) is 0 Å². The molecular weight excluding hydrogens is 278 g/mol. The highest BCUT2D eigenvalue weighted by molar-refractivity contribution is 5.78. The van der Waals surface area contributed by atoms with E-state index in [1.165, 1.54) is 0 Å². The Labute approximate surface area is 130 Å². The molecule has 5 heteroatoms. The maximum atomic E-state index is 10.7. The molecule has 2 heterocycles. The van der Waals surface area contributed by atoms with Crippen molar-refractivity contribution in [2.75, 3.05) is 7.11 Å². The molecule has 0 aliphatic heterocycles. The highest BCUT2D eigenvalue weighted by Crippen LogP contribution is 2.32. The zero-order chi connectivity index (χ0) is 15.6. The van der Waals surface area contributed by atoms with Crippen LogP contribution in [0.15, 0.2) is 24.4 Å². The van der Waals surface area contributed by atoms with Crippen LogP contribution in [-0.4, -0.2) is 33.8 Å². The quantitative estimate of drug-likeness (QED) is 0.905. The van der Waals surface area contributed by atoms with Gasteiger partial charge in [-0.3, -0.25) is 4.98 Å². The molecule has 0 bridgehead atoms. The minimum Gasteiger partial charge on any atom is -0.481 e. The van der Waals surface area contributed by atoms with Crippen LogP contribution in [0.3, 0.4) is 0 Å². The minimum absolute atomic E-state index is 0.243. The molecule has 1 aliphatic carbocycles. The molecule has 0 spiro atoms. The monoisotopic (exact) mass is 301 g/mol. The summed E-state index contributed by atoms with van der Waals surface area (Å²) in [5.41, 5.74) is 8.15. The van der Waals surface area contributed by atoms with Gasteiger partial charge in [-0.1, -0.05) is 0 Å². The predicted octanol–water partition coefficient (Wildman–Crippen LogP) is 2.20. The lowest BCUT2D eigenvalue weighted by Gasteiger charge is -2.34. The molecule has 0 aromatic carbocycles. The van der Waals surface area contributed by atoms with Crippen molar-refractivity contribution in [2.24, 2.45) is 5.73 Å². The first-order valence-corrected chi connectivity index (χ1v) is 7.86. The third-order valence-corrected chi connectivity index (χ3v) is 4.67. The van der Waals surface area contributed by atoms with E-state index in [0.29, 0.717) is 5.88 Å². The van der Waals surface area contributed by atoms with Gasteiger partial charge >= 0.3 is 0 Å². The van der Waals surface area contributed by atoms with Gasteiger partial charge in [0.15, 0.2) is 0 Å². The summed E-state index contributed by atoms with van der Waals surface area (Å²) in [5.74, 6) is 0.587. The number of rotatable bonds is 4. The Morgan fingerprint density at radius 1 is 1.32 bits per heavy atom. The van der Waals surface area contributed by atoms with Gasteiger partial charge in [-0.25, -0.2) is 4.98 Å². The molecule has 0 amide bonds. The summed E-state index contributed by atoms with van der Waals surface area (Å²) < 4.78 is 5.20. The van der Waals surface area contributed by atoms with Gasteiger partial charge in [0.05, 0.1) is 23.7 Å². The topological polar surface area (TPSA) is 81.3 Å². The molecule has 1 saturated carbocycles. The average molecular weight is 301 g/mol. The van der Waals surface area contributed by atoms with Crippen LogP contribution in [0.25, 0.3) is 11.0 Å². The van der Waals surface area contributed by atoms with Crippen LogP contribution in [0.4, 0.5) is 0 Å². The molecule has 1 fully saturated rings. The molecule has 3 rings (SSSR count). The van der Waals surface area contributed by atoms with E-state index in [1.54, 1.807) is 13.3 Å². The third-order valence-electron chi connectivity index (χ3n) is 4.67. The van der Waals surface area contributed by atoms with Crippen molar-refractivity contribution in [3.63, 3.8) is 0 Å². The number of ether oxygens (including phenoxy) is 1. The van der Waals surface area contributed by atoms with Crippen LogP contribution in [0.5, 0.6) is 5.88 Å². The third kappa shape index (κ3) is 3.20. The summed E-state index contributed by atoms with van der Waals surface area (Å²) in [6.45, 7) is 0. The molecule has 3 N–H and O–H groups in total. The molecule has 5 nitrogen and oxygen atoms in total. The van der Waals surface area contributed by atoms with E-state index in [-0.39, 0.29) is 6.04 Å². The molecule has 2 aromatic rings. The first kappa shape index (κ1) is 15.2. The number of methoxy groups -OCH3 is 1. The average Bonchev–Trinajstić information content (AvgIpc) is 2.55. The van der Waals surface area contributed by atoms with Crippen molar-refractivity contribution in [1.82, 2.24) is 9.97 Å². The number of pyridine rings is 2. The number of aliphatic hydroxyl groups is 1. The van der Waals surface area contributed by atoms with Gasteiger partial charge in [0.2, 0.25) is 5.88 Å². The highest BCUT2D eigenvalue weighted by Gasteiger charge is 2.31. The number of nitrogens with two attached hydrogens (primary N) is 1. The predicted molar refractivity (Wildman–Crippen MR) is 85.8 cm³/mol. The Hall–Kier alpha value is -1.72. The van der Waals surface area contributed by atoms with E-state index in [9.17, 15) is 5.11 Å². The van der Waals surface area contributed by atoms with Crippen LogP contribution in [0, 0.1) is 0 Å². The molecule has 0 unspecified atom stereocenters. The van der Waals surface area contributed by atoms with Crippen molar-refractivity contribution in [1.29, 1.82) is 0 Å². The number of fused-ring (bicyclic) bond motifs is 1. The Balaban J connectivity index is 1.79. The number of hydrogen-bond donors (Lipinski definition) is 2. The Morgan fingerprint density at radius 2 is 2.09 bits per heavy atom. The fraction of sp³-hybridized carbons (Fsp3) is 0.529. The van der Waals surface area contributed by atoms with Gasteiger partial charge < -0.3 is 15.6 Å². The van der Waals surface area contributed by atoms with E-state index >= 15 is 0 Å². The fourth-order valence-electron chi connectivity index (χ4n) is 3.17. The van der Waals surface area contributed by atoms with Gasteiger partial charge in [-0.2, -0.15) is 0 Å². The molecule has 22 heavy (non-hydrogen) atoms. The van der Waals surface area contributed by atoms with Gasteiger partial charge in [0.25, 0.3) is 0 Å². The Bertz CT molecular complexity index is 651. The second kappa shape index (κ2) is 6.18. The van der Waals surface area contributed by atoms with Crippen LogP contribution < -0.4 is 10.5 Å². The molecule has 1 aliphatic rings. The van der Waals surface area contributed by atoms with Gasteiger partial charge in [-0.15, -0.1) is 0 Å². The molecule has 118 valence electrons. The van der Waals surface area contributed by atoms with Crippen molar-refractivity contribution < 1.29 is 9.84 Å². The lowest BCUT2D eigenvalue weighted by molar-refractivity contribution is -0.00745. The van der Waals surface area contributed by atoms with E-state index in [1.807, 2.05) is 18.2 Å². The summed E-state index contributed by atoms with van der Waals surface area (Å²) in [6, 6.07) is 5.95. The summed E-state index contributed by atoms with van der Waals surface area (Å²) in [5, 5.41) is 10.7. The van der Waals surface area contributed by atoms with E-state index in [4.69, 9.17) is 10.5 Å². The zero-order valence-corrected chi connectivity index (χ0v) is 13.0. The van der Waals surface area contributed by atoms with Crippen LogP contribution in [-0.2, 0) is 6.42 Å². The summed E-state index contributed by atoms with van der Waals surface area (Å²) in [4.78, 5) is 8.85. The van der Waals surface area contributed by atoms with Crippen LogP contribution in [0.1, 0.15) is 37.7 Å². The number of aryl methyl sites for hydroxylation is 1. The standard InChI is InChI=1S/C17H23N3O2/c1-22-15-3-2-14-16(20-15)12(7-11-19-14)4-8-17(21)9-5-13(18)6-10-17/h2-3,7,11,13,21H,4-6,8-10,18H2,1H3. The SMILES string of the molecule is COc1ccc2nccc(CCC3(O)CCC(N)CC3)c2n1. The van der Waals surface area contributed by atoms with Gasteiger partial charge in [-0.05, 0) is 56.2 Å².